The van der Waals surface area contributed by atoms with E-state index in [9.17, 15) is 5.11 Å². The van der Waals surface area contributed by atoms with Crippen molar-refractivity contribution in [1.29, 1.82) is 0 Å². The molecule has 22 heavy (non-hydrogen) atoms. The second-order valence-corrected chi connectivity index (χ2v) is 6.11. The van der Waals surface area contributed by atoms with Crippen LogP contribution in [-0.4, -0.2) is 35.8 Å². The van der Waals surface area contributed by atoms with Crippen LogP contribution in [0.4, 0.5) is 0 Å². The third-order valence-electron chi connectivity index (χ3n) is 3.93. The molecule has 1 N–H and O–H groups in total. The number of hydrogen-bond acceptors (Lipinski definition) is 3. The van der Waals surface area contributed by atoms with Crippen molar-refractivity contribution in [2.75, 3.05) is 19.7 Å². The van der Waals surface area contributed by atoms with Gasteiger partial charge in [-0.2, -0.15) is 0 Å². The van der Waals surface area contributed by atoms with Crippen molar-refractivity contribution < 1.29 is 9.84 Å². The fourth-order valence-electron chi connectivity index (χ4n) is 2.78. The summed E-state index contributed by atoms with van der Waals surface area (Å²) in [5.74, 6) is 0.729. The SMILES string of the molecule is O[C@H](COc1ccc(Cl)cc1)CN1CCc2ccccc2C1. The predicted octanol–water partition coefficient (Wildman–Crippen LogP) is 3.14. The molecule has 0 saturated heterocycles. The van der Waals surface area contributed by atoms with Gasteiger partial charge < -0.3 is 9.84 Å². The van der Waals surface area contributed by atoms with Crippen LogP contribution in [0.1, 0.15) is 11.1 Å². The van der Waals surface area contributed by atoms with Crippen LogP contribution in [0.5, 0.6) is 5.75 Å². The van der Waals surface area contributed by atoms with Crippen molar-refractivity contribution in [1.82, 2.24) is 4.90 Å². The van der Waals surface area contributed by atoms with Gasteiger partial charge in [-0.3, -0.25) is 4.90 Å². The Morgan fingerprint density at radius 1 is 1.09 bits per heavy atom. The Morgan fingerprint density at radius 3 is 2.59 bits per heavy atom. The number of nitrogens with zero attached hydrogens (tertiary/aromatic N) is 1. The van der Waals surface area contributed by atoms with Gasteiger partial charge in [-0.1, -0.05) is 35.9 Å². The lowest BCUT2D eigenvalue weighted by molar-refractivity contribution is 0.0638. The highest BCUT2D eigenvalue weighted by molar-refractivity contribution is 6.30. The summed E-state index contributed by atoms with van der Waals surface area (Å²) >= 11 is 5.83. The molecule has 3 nitrogen and oxygen atoms in total. The molecule has 0 unspecified atom stereocenters. The Bertz CT molecular complexity index is 615. The van der Waals surface area contributed by atoms with Gasteiger partial charge in [0.05, 0.1) is 0 Å². The summed E-state index contributed by atoms with van der Waals surface area (Å²) in [4.78, 5) is 2.28. The topological polar surface area (TPSA) is 32.7 Å². The van der Waals surface area contributed by atoms with Gasteiger partial charge in [-0.25, -0.2) is 0 Å². The number of fused-ring (bicyclic) bond motifs is 1. The standard InChI is InChI=1S/C18H20ClNO2/c19-16-5-7-18(8-6-16)22-13-17(21)12-20-10-9-14-3-1-2-4-15(14)11-20/h1-8,17,21H,9-13H2/t17-/m0/s1. The van der Waals surface area contributed by atoms with Crippen LogP contribution < -0.4 is 4.74 Å². The first kappa shape index (κ1) is 15.3. The van der Waals surface area contributed by atoms with E-state index < -0.39 is 6.10 Å². The molecule has 116 valence electrons. The quantitative estimate of drug-likeness (QED) is 0.919. The highest BCUT2D eigenvalue weighted by atomic mass is 35.5. The van der Waals surface area contributed by atoms with Gasteiger partial charge in [0.2, 0.25) is 0 Å². The van der Waals surface area contributed by atoms with Gasteiger partial charge >= 0.3 is 0 Å². The highest BCUT2D eigenvalue weighted by Gasteiger charge is 2.18. The molecule has 3 rings (SSSR count). The molecule has 0 aromatic heterocycles. The molecule has 4 heteroatoms. The average molecular weight is 318 g/mol. The maximum atomic E-state index is 10.2. The molecule has 1 heterocycles. The maximum absolute atomic E-state index is 10.2. The minimum Gasteiger partial charge on any atom is -0.491 e. The normalized spacial score (nSPS) is 16.1. The van der Waals surface area contributed by atoms with Crippen LogP contribution in [0.2, 0.25) is 5.02 Å². The lowest BCUT2D eigenvalue weighted by Crippen LogP contribution is -2.38. The van der Waals surface area contributed by atoms with Gasteiger partial charge in [-0.05, 0) is 41.8 Å². The number of aliphatic hydroxyl groups is 1. The summed E-state index contributed by atoms with van der Waals surface area (Å²) in [7, 11) is 0. The summed E-state index contributed by atoms with van der Waals surface area (Å²) in [6.07, 6.45) is 0.543. The maximum Gasteiger partial charge on any atom is 0.119 e. The van der Waals surface area contributed by atoms with Crippen LogP contribution in [0.15, 0.2) is 48.5 Å². The minimum atomic E-state index is -0.499. The highest BCUT2D eigenvalue weighted by Crippen LogP contribution is 2.19. The monoisotopic (exact) mass is 317 g/mol. The third kappa shape index (κ3) is 4.01. The first-order chi connectivity index (χ1) is 10.7. The lowest BCUT2D eigenvalue weighted by Gasteiger charge is -2.30. The predicted molar refractivity (Wildman–Crippen MR) is 88.4 cm³/mol. The number of benzene rings is 2. The van der Waals surface area contributed by atoms with Crippen molar-refractivity contribution >= 4 is 11.6 Å². The second kappa shape index (κ2) is 7.14. The molecular weight excluding hydrogens is 298 g/mol. The summed E-state index contributed by atoms with van der Waals surface area (Å²) < 4.78 is 5.60. The first-order valence-electron chi connectivity index (χ1n) is 7.56. The van der Waals surface area contributed by atoms with E-state index in [-0.39, 0.29) is 0 Å². The van der Waals surface area contributed by atoms with E-state index in [1.54, 1.807) is 12.1 Å². The zero-order chi connectivity index (χ0) is 15.4. The molecule has 0 aliphatic carbocycles. The molecule has 0 saturated carbocycles. The fourth-order valence-corrected chi connectivity index (χ4v) is 2.91. The van der Waals surface area contributed by atoms with Gasteiger partial charge in [0.15, 0.2) is 0 Å². The Balaban J connectivity index is 1.48. The second-order valence-electron chi connectivity index (χ2n) is 5.67. The van der Waals surface area contributed by atoms with E-state index in [1.807, 2.05) is 12.1 Å². The van der Waals surface area contributed by atoms with Gasteiger partial charge in [0.1, 0.15) is 18.5 Å². The van der Waals surface area contributed by atoms with E-state index in [0.717, 1.165) is 25.3 Å². The van der Waals surface area contributed by atoms with Crippen molar-refractivity contribution in [3.05, 3.63) is 64.7 Å². The number of halogens is 1. The Kier molecular flexibility index (Phi) is 4.98. The molecule has 1 aliphatic rings. The molecule has 0 fully saturated rings. The molecule has 2 aromatic carbocycles. The van der Waals surface area contributed by atoms with Crippen LogP contribution in [0, 0.1) is 0 Å². The van der Waals surface area contributed by atoms with E-state index in [2.05, 4.69) is 29.2 Å². The van der Waals surface area contributed by atoms with E-state index >= 15 is 0 Å². The zero-order valence-corrected chi connectivity index (χ0v) is 13.2. The van der Waals surface area contributed by atoms with Crippen LogP contribution >= 0.6 is 11.6 Å². The smallest absolute Gasteiger partial charge is 0.119 e. The Hall–Kier alpha value is -1.55. The number of β-amino-alcohol motifs (C(OH)–C–C–N with tert-alkyl or cyclic N) is 1. The van der Waals surface area contributed by atoms with E-state index in [0.29, 0.717) is 18.2 Å². The summed E-state index contributed by atoms with van der Waals surface area (Å²) in [5.41, 5.74) is 2.78. The lowest BCUT2D eigenvalue weighted by atomic mass is 10.00. The van der Waals surface area contributed by atoms with Crippen molar-refractivity contribution in [2.24, 2.45) is 0 Å². The van der Waals surface area contributed by atoms with Crippen LogP contribution in [-0.2, 0) is 13.0 Å². The van der Waals surface area contributed by atoms with E-state index in [4.69, 9.17) is 16.3 Å². The van der Waals surface area contributed by atoms with Crippen molar-refractivity contribution in [3.63, 3.8) is 0 Å². The van der Waals surface area contributed by atoms with Crippen LogP contribution in [0.3, 0.4) is 0 Å². The number of rotatable bonds is 5. The number of aliphatic hydroxyl groups excluding tert-OH is 1. The van der Waals surface area contributed by atoms with Gasteiger partial charge in [0, 0.05) is 24.7 Å². The van der Waals surface area contributed by atoms with Crippen molar-refractivity contribution in [3.8, 4) is 5.75 Å². The Labute approximate surface area is 136 Å². The van der Waals surface area contributed by atoms with Gasteiger partial charge in [0.25, 0.3) is 0 Å². The molecule has 0 bridgehead atoms. The molecule has 0 spiro atoms. The fraction of sp³-hybridized carbons (Fsp3) is 0.333. The summed E-state index contributed by atoms with van der Waals surface area (Å²) in [6, 6.07) is 15.7. The molecule has 1 aliphatic heterocycles. The molecule has 2 aromatic rings. The number of ether oxygens (including phenoxy) is 1. The summed E-state index contributed by atoms with van der Waals surface area (Å²) in [5, 5.41) is 10.9. The average Bonchev–Trinajstić information content (AvgIpc) is 2.54. The summed E-state index contributed by atoms with van der Waals surface area (Å²) in [6.45, 7) is 2.80. The number of hydrogen-bond donors (Lipinski definition) is 1. The molecule has 0 radical (unpaired) electrons. The zero-order valence-electron chi connectivity index (χ0n) is 12.4. The molecule has 0 amide bonds. The van der Waals surface area contributed by atoms with Crippen LogP contribution in [0.25, 0.3) is 0 Å². The minimum absolute atomic E-state index is 0.291. The first-order valence-corrected chi connectivity index (χ1v) is 7.94. The Morgan fingerprint density at radius 2 is 1.82 bits per heavy atom. The van der Waals surface area contributed by atoms with Gasteiger partial charge in [-0.15, -0.1) is 0 Å². The molecule has 1 atom stereocenters. The van der Waals surface area contributed by atoms with Crippen molar-refractivity contribution in [2.45, 2.75) is 19.1 Å². The molecular formula is C18H20ClNO2. The largest absolute Gasteiger partial charge is 0.491 e. The third-order valence-corrected chi connectivity index (χ3v) is 4.19. The van der Waals surface area contributed by atoms with E-state index in [1.165, 1.54) is 11.1 Å².